The molecule has 0 unspecified atom stereocenters. The second kappa shape index (κ2) is 4.20. The molecular formula is C11H9Cl2NO3. The van der Waals surface area contributed by atoms with Gasteiger partial charge in [0.05, 0.1) is 10.7 Å². The average molecular weight is 274 g/mol. The molecule has 1 aliphatic heterocycles. The van der Waals surface area contributed by atoms with Gasteiger partial charge in [-0.3, -0.25) is 0 Å². The number of rotatable bonds is 2. The van der Waals surface area contributed by atoms with Crippen LogP contribution in [0.4, 0.5) is 0 Å². The molecule has 0 saturated heterocycles. The highest BCUT2D eigenvalue weighted by Gasteiger charge is 2.42. The normalized spacial score (nSPS) is 23.1. The Morgan fingerprint density at radius 1 is 1.53 bits per heavy atom. The quantitative estimate of drug-likeness (QED) is 0.901. The summed E-state index contributed by atoms with van der Waals surface area (Å²) in [6.07, 6.45) is 0.170. The smallest absolute Gasteiger partial charge is 0.351 e. The van der Waals surface area contributed by atoms with Gasteiger partial charge in [-0.2, -0.15) is 0 Å². The molecule has 1 atom stereocenters. The minimum absolute atomic E-state index is 0.170. The van der Waals surface area contributed by atoms with E-state index in [0.717, 1.165) is 0 Å². The fourth-order valence-corrected chi connectivity index (χ4v) is 2.04. The van der Waals surface area contributed by atoms with Crippen molar-refractivity contribution in [1.82, 2.24) is 0 Å². The first-order valence-corrected chi connectivity index (χ1v) is 5.62. The maximum atomic E-state index is 11.0. The van der Waals surface area contributed by atoms with Crippen LogP contribution in [0.2, 0.25) is 10.0 Å². The molecule has 0 aromatic heterocycles. The van der Waals surface area contributed by atoms with Gasteiger partial charge in [-0.25, -0.2) is 4.79 Å². The number of carboxylic acids is 1. The molecule has 1 aromatic carbocycles. The van der Waals surface area contributed by atoms with Gasteiger partial charge in [0.25, 0.3) is 0 Å². The Bertz CT molecular complexity index is 515. The van der Waals surface area contributed by atoms with E-state index in [9.17, 15) is 4.79 Å². The number of hydrogen-bond donors (Lipinski definition) is 1. The molecule has 6 heteroatoms. The van der Waals surface area contributed by atoms with Crippen LogP contribution in [-0.4, -0.2) is 22.4 Å². The van der Waals surface area contributed by atoms with E-state index in [1.807, 2.05) is 0 Å². The van der Waals surface area contributed by atoms with E-state index in [0.29, 0.717) is 21.3 Å². The summed E-state index contributed by atoms with van der Waals surface area (Å²) in [4.78, 5) is 15.9. The van der Waals surface area contributed by atoms with Gasteiger partial charge in [0.2, 0.25) is 5.60 Å². The first-order chi connectivity index (χ1) is 7.92. The molecule has 0 fully saturated rings. The molecule has 0 aliphatic carbocycles. The van der Waals surface area contributed by atoms with Crippen LogP contribution in [0.25, 0.3) is 0 Å². The molecule has 17 heavy (non-hydrogen) atoms. The third-order valence-electron chi connectivity index (χ3n) is 2.56. The monoisotopic (exact) mass is 273 g/mol. The predicted octanol–water partition coefficient (Wildman–Crippen LogP) is 2.96. The lowest BCUT2D eigenvalue weighted by atomic mass is 9.96. The zero-order valence-corrected chi connectivity index (χ0v) is 10.4. The van der Waals surface area contributed by atoms with Gasteiger partial charge in [-0.15, -0.1) is 0 Å². The molecule has 1 heterocycles. The van der Waals surface area contributed by atoms with Gasteiger partial charge in [-0.1, -0.05) is 34.4 Å². The summed E-state index contributed by atoms with van der Waals surface area (Å²) < 4.78 is 0. The fraction of sp³-hybridized carbons (Fsp3) is 0.273. The van der Waals surface area contributed by atoms with Gasteiger partial charge in [0, 0.05) is 17.0 Å². The lowest BCUT2D eigenvalue weighted by Gasteiger charge is -2.14. The van der Waals surface area contributed by atoms with Crippen LogP contribution in [0.3, 0.4) is 0 Å². The van der Waals surface area contributed by atoms with Crippen molar-refractivity contribution in [3.05, 3.63) is 33.8 Å². The highest BCUT2D eigenvalue weighted by Crippen LogP contribution is 2.30. The van der Waals surface area contributed by atoms with E-state index < -0.39 is 11.6 Å². The van der Waals surface area contributed by atoms with E-state index in [-0.39, 0.29) is 6.42 Å². The van der Waals surface area contributed by atoms with Crippen molar-refractivity contribution in [3.63, 3.8) is 0 Å². The van der Waals surface area contributed by atoms with Crippen molar-refractivity contribution in [2.45, 2.75) is 18.9 Å². The van der Waals surface area contributed by atoms with E-state index in [4.69, 9.17) is 33.1 Å². The summed E-state index contributed by atoms with van der Waals surface area (Å²) in [7, 11) is 0. The van der Waals surface area contributed by atoms with Crippen LogP contribution in [0, 0.1) is 0 Å². The third kappa shape index (κ3) is 2.23. The summed E-state index contributed by atoms with van der Waals surface area (Å²) in [6.45, 7) is 1.47. The van der Waals surface area contributed by atoms with E-state index in [1.54, 1.807) is 18.2 Å². The molecule has 1 aromatic rings. The molecule has 4 nitrogen and oxygen atoms in total. The zero-order valence-electron chi connectivity index (χ0n) is 8.91. The number of benzene rings is 1. The lowest BCUT2D eigenvalue weighted by Crippen LogP contribution is -2.35. The van der Waals surface area contributed by atoms with Gasteiger partial charge in [0.15, 0.2) is 0 Å². The first-order valence-electron chi connectivity index (χ1n) is 4.86. The maximum absolute atomic E-state index is 11.0. The minimum atomic E-state index is -1.32. The van der Waals surface area contributed by atoms with Crippen molar-refractivity contribution in [1.29, 1.82) is 0 Å². The second-order valence-corrected chi connectivity index (χ2v) is 4.81. The predicted molar refractivity (Wildman–Crippen MR) is 64.7 cm³/mol. The molecule has 90 valence electrons. The molecule has 0 spiro atoms. The maximum Gasteiger partial charge on any atom is 0.351 e. The Hall–Kier alpha value is -1.26. The molecule has 0 radical (unpaired) electrons. The highest BCUT2D eigenvalue weighted by molar-refractivity contribution is 6.37. The Kier molecular flexibility index (Phi) is 3.02. The fourth-order valence-electron chi connectivity index (χ4n) is 1.52. The van der Waals surface area contributed by atoms with Crippen molar-refractivity contribution in [2.24, 2.45) is 5.16 Å². The van der Waals surface area contributed by atoms with Crippen LogP contribution >= 0.6 is 23.2 Å². The number of halogens is 2. The molecule has 0 bridgehead atoms. The molecule has 1 N–H and O–H groups in total. The standard InChI is InChI=1S/C11H9Cl2NO3/c1-11(10(15)16)5-9(14-17-11)7-3-2-6(12)4-8(7)13/h2-4H,5H2,1H3,(H,15,16)/t11-/m0/s1. The Labute approximate surface area is 108 Å². The summed E-state index contributed by atoms with van der Waals surface area (Å²) in [5, 5.41) is 13.7. The second-order valence-electron chi connectivity index (χ2n) is 3.97. The van der Waals surface area contributed by atoms with Crippen molar-refractivity contribution in [2.75, 3.05) is 0 Å². The van der Waals surface area contributed by atoms with Crippen LogP contribution in [0.1, 0.15) is 18.9 Å². The highest BCUT2D eigenvalue weighted by atomic mass is 35.5. The van der Waals surface area contributed by atoms with Gasteiger partial charge in [0.1, 0.15) is 0 Å². The van der Waals surface area contributed by atoms with Crippen LogP contribution in [0.5, 0.6) is 0 Å². The number of carbonyl (C=O) groups is 1. The van der Waals surface area contributed by atoms with Gasteiger partial charge >= 0.3 is 5.97 Å². The third-order valence-corrected chi connectivity index (χ3v) is 3.10. The topological polar surface area (TPSA) is 58.9 Å². The first kappa shape index (κ1) is 12.2. The summed E-state index contributed by atoms with van der Waals surface area (Å²) in [6, 6.07) is 4.94. The molecule has 0 saturated carbocycles. The molecular weight excluding hydrogens is 265 g/mol. The summed E-state index contributed by atoms with van der Waals surface area (Å²) in [5.41, 5.74) is -0.171. The summed E-state index contributed by atoms with van der Waals surface area (Å²) in [5.74, 6) is -1.05. The SMILES string of the molecule is C[C@@]1(C(=O)O)CC(c2ccc(Cl)cc2Cl)=NO1. The van der Waals surface area contributed by atoms with Crippen LogP contribution in [0.15, 0.2) is 23.4 Å². The molecule has 1 aliphatic rings. The van der Waals surface area contributed by atoms with Crippen molar-refractivity contribution < 1.29 is 14.7 Å². The molecule has 0 amide bonds. The van der Waals surface area contributed by atoms with Crippen molar-refractivity contribution in [3.8, 4) is 0 Å². The number of hydrogen-bond acceptors (Lipinski definition) is 3. The van der Waals surface area contributed by atoms with E-state index in [1.165, 1.54) is 6.92 Å². The van der Waals surface area contributed by atoms with E-state index >= 15 is 0 Å². The summed E-state index contributed by atoms with van der Waals surface area (Å²) >= 11 is 11.8. The number of carboxylic acid groups (broad SMARTS) is 1. The Morgan fingerprint density at radius 3 is 2.76 bits per heavy atom. The molecule has 2 rings (SSSR count). The Balaban J connectivity index is 2.29. The van der Waals surface area contributed by atoms with Crippen LogP contribution in [-0.2, 0) is 9.63 Å². The Morgan fingerprint density at radius 2 is 2.24 bits per heavy atom. The number of nitrogens with zero attached hydrogens (tertiary/aromatic N) is 1. The van der Waals surface area contributed by atoms with Gasteiger partial charge in [-0.05, 0) is 19.1 Å². The van der Waals surface area contributed by atoms with Crippen LogP contribution < -0.4 is 0 Å². The number of oxime groups is 1. The minimum Gasteiger partial charge on any atom is -0.478 e. The lowest BCUT2D eigenvalue weighted by molar-refractivity contribution is -0.160. The average Bonchev–Trinajstić information content (AvgIpc) is 2.62. The zero-order chi connectivity index (χ0) is 12.6. The van der Waals surface area contributed by atoms with E-state index in [2.05, 4.69) is 5.16 Å². The largest absolute Gasteiger partial charge is 0.478 e. The van der Waals surface area contributed by atoms with Crippen molar-refractivity contribution >= 4 is 34.9 Å². The number of aliphatic carboxylic acids is 1. The van der Waals surface area contributed by atoms with Gasteiger partial charge < -0.3 is 9.94 Å².